The van der Waals surface area contributed by atoms with Gasteiger partial charge in [0.1, 0.15) is 35.1 Å². The molecule has 3 unspecified atom stereocenters. The fourth-order valence-corrected chi connectivity index (χ4v) is 5.65. The summed E-state index contributed by atoms with van der Waals surface area (Å²) in [5, 5.41) is 8.14. The van der Waals surface area contributed by atoms with Gasteiger partial charge in [0, 0.05) is 29.9 Å². The van der Waals surface area contributed by atoms with Gasteiger partial charge in [-0.3, -0.25) is 4.79 Å². The molecule has 2 bridgehead atoms. The number of halogens is 1. The summed E-state index contributed by atoms with van der Waals surface area (Å²) in [5.74, 6) is -0.165. The van der Waals surface area contributed by atoms with Crippen molar-refractivity contribution in [2.75, 3.05) is 17.6 Å². The second-order valence-corrected chi connectivity index (χ2v) is 11.2. The molecule has 40 heavy (non-hydrogen) atoms. The maximum atomic E-state index is 13.5. The van der Waals surface area contributed by atoms with E-state index in [4.69, 9.17) is 15.6 Å². The van der Waals surface area contributed by atoms with Crippen LogP contribution in [0.25, 0.3) is 22.3 Å². The molecule has 0 radical (unpaired) electrons. The molecule has 1 saturated heterocycles. The first-order valence-corrected chi connectivity index (χ1v) is 13.1. The number of benzene rings is 1. The Bertz CT molecular complexity index is 1610. The molecule has 206 valence electrons. The van der Waals surface area contributed by atoms with Crippen LogP contribution in [0.5, 0.6) is 0 Å². The van der Waals surface area contributed by atoms with E-state index in [0.29, 0.717) is 34.8 Å². The van der Waals surface area contributed by atoms with E-state index in [1.807, 2.05) is 30.4 Å². The number of rotatable bonds is 4. The molecule has 2 amide bonds. The van der Waals surface area contributed by atoms with Gasteiger partial charge >= 0.3 is 6.09 Å². The fourth-order valence-electron chi connectivity index (χ4n) is 5.65. The highest BCUT2D eigenvalue weighted by molar-refractivity contribution is 6.04. The van der Waals surface area contributed by atoms with Crippen molar-refractivity contribution in [1.29, 1.82) is 0 Å². The number of pyridine rings is 1. The zero-order valence-electron chi connectivity index (χ0n) is 22.3. The molecule has 2 aliphatic rings. The first kappa shape index (κ1) is 25.7. The molecule has 3 N–H and O–H groups in total. The maximum absolute atomic E-state index is 13.5. The van der Waals surface area contributed by atoms with Gasteiger partial charge in [0.15, 0.2) is 5.65 Å². The molecule has 1 aliphatic carbocycles. The van der Waals surface area contributed by atoms with Gasteiger partial charge in [-0.25, -0.2) is 28.8 Å². The van der Waals surface area contributed by atoms with Crippen LogP contribution >= 0.6 is 0 Å². The molecule has 1 saturated carbocycles. The summed E-state index contributed by atoms with van der Waals surface area (Å²) < 4.78 is 21.0. The lowest BCUT2D eigenvalue weighted by atomic mass is 10.1. The Hall–Kier alpha value is -4.61. The number of nitrogen functional groups attached to an aromatic ring is 1. The highest BCUT2D eigenvalue weighted by Crippen LogP contribution is 2.46. The smallest absolute Gasteiger partial charge is 0.410 e. The van der Waals surface area contributed by atoms with E-state index in [1.165, 1.54) is 18.6 Å². The number of hydrogen-bond donors (Lipinski definition) is 2. The minimum atomic E-state index is -0.585. The molecule has 2 fully saturated rings. The van der Waals surface area contributed by atoms with Crippen molar-refractivity contribution in [3.05, 3.63) is 60.3 Å². The van der Waals surface area contributed by atoms with E-state index in [-0.39, 0.29) is 29.8 Å². The Balaban J connectivity index is 1.31. The van der Waals surface area contributed by atoms with Crippen LogP contribution in [0.2, 0.25) is 0 Å². The number of fused-ring (bicyclic) bond motifs is 3. The SMILES string of the molecule is CC(C)(C)OC(=O)N1CC2CC1C(n1nc(-c3ccc(C(=O)Nc4cc(F)ccn4)cc3)c3c(N)ncnc31)C2. The molecule has 4 aromatic rings. The van der Waals surface area contributed by atoms with Gasteiger partial charge in [-0.2, -0.15) is 5.10 Å². The second-order valence-electron chi connectivity index (χ2n) is 11.2. The number of carbonyl (C=O) groups excluding carboxylic acids is 2. The van der Waals surface area contributed by atoms with Gasteiger partial charge in [0.05, 0.1) is 17.5 Å². The van der Waals surface area contributed by atoms with E-state index < -0.39 is 17.3 Å². The van der Waals surface area contributed by atoms with Crippen LogP contribution in [0.1, 0.15) is 50.0 Å². The Morgan fingerprint density at radius 2 is 1.82 bits per heavy atom. The third-order valence-corrected chi connectivity index (χ3v) is 7.29. The van der Waals surface area contributed by atoms with E-state index in [1.54, 1.807) is 24.3 Å². The Labute approximate surface area is 229 Å². The molecule has 4 heterocycles. The summed E-state index contributed by atoms with van der Waals surface area (Å²) in [6.07, 6.45) is 4.09. The summed E-state index contributed by atoms with van der Waals surface area (Å²) >= 11 is 0. The highest BCUT2D eigenvalue weighted by Gasteiger charge is 2.49. The van der Waals surface area contributed by atoms with Crippen molar-refractivity contribution >= 4 is 34.7 Å². The normalized spacial score (nSPS) is 20.2. The van der Waals surface area contributed by atoms with E-state index in [9.17, 15) is 14.0 Å². The molecule has 6 rings (SSSR count). The van der Waals surface area contributed by atoms with Crippen LogP contribution < -0.4 is 11.1 Å². The topological polar surface area (TPSA) is 141 Å². The quantitative estimate of drug-likeness (QED) is 0.384. The third-order valence-electron chi connectivity index (χ3n) is 7.29. The first-order valence-electron chi connectivity index (χ1n) is 13.1. The average molecular weight is 545 g/mol. The summed E-state index contributed by atoms with van der Waals surface area (Å²) in [7, 11) is 0. The number of carbonyl (C=O) groups is 2. The lowest BCUT2D eigenvalue weighted by Crippen LogP contribution is -2.45. The Kier molecular flexibility index (Phi) is 6.12. The third kappa shape index (κ3) is 4.69. The summed E-state index contributed by atoms with van der Waals surface area (Å²) in [6.45, 7) is 6.23. The molecule has 12 heteroatoms. The number of amides is 2. The fraction of sp³-hybridized carbons (Fsp3) is 0.357. The molecular weight excluding hydrogens is 515 g/mol. The highest BCUT2D eigenvalue weighted by atomic mass is 19.1. The van der Waals surface area contributed by atoms with Crippen molar-refractivity contribution in [3.63, 3.8) is 0 Å². The van der Waals surface area contributed by atoms with Crippen molar-refractivity contribution < 1.29 is 18.7 Å². The summed E-state index contributed by atoms with van der Waals surface area (Å²) in [4.78, 5) is 40.1. The summed E-state index contributed by atoms with van der Waals surface area (Å²) in [5.41, 5.74) is 7.98. The average Bonchev–Trinajstić information content (AvgIpc) is 3.61. The molecule has 11 nitrogen and oxygen atoms in total. The molecule has 1 aliphatic heterocycles. The van der Waals surface area contributed by atoms with Gasteiger partial charge < -0.3 is 20.7 Å². The van der Waals surface area contributed by atoms with Crippen molar-refractivity contribution in [2.45, 2.75) is 51.3 Å². The monoisotopic (exact) mass is 544 g/mol. The van der Waals surface area contributed by atoms with Crippen LogP contribution in [0.3, 0.4) is 0 Å². The maximum Gasteiger partial charge on any atom is 0.410 e. The number of aromatic nitrogens is 5. The van der Waals surface area contributed by atoms with Crippen molar-refractivity contribution in [2.24, 2.45) is 5.92 Å². The largest absolute Gasteiger partial charge is 0.444 e. The number of nitrogens with two attached hydrogens (primary N) is 1. The second kappa shape index (κ2) is 9.54. The predicted octanol–water partition coefficient (Wildman–Crippen LogP) is 4.43. The molecule has 3 atom stereocenters. The van der Waals surface area contributed by atoms with E-state index in [0.717, 1.165) is 24.5 Å². The van der Waals surface area contributed by atoms with Gasteiger partial charge in [-0.05, 0) is 57.7 Å². The lowest BCUT2D eigenvalue weighted by molar-refractivity contribution is 0.0135. The predicted molar refractivity (Wildman–Crippen MR) is 146 cm³/mol. The number of anilines is 2. The van der Waals surface area contributed by atoms with Gasteiger partial charge in [0.2, 0.25) is 0 Å². The number of piperidine rings is 1. The van der Waals surface area contributed by atoms with Gasteiger partial charge in [-0.15, -0.1) is 0 Å². The number of nitrogens with zero attached hydrogens (tertiary/aromatic N) is 6. The first-order chi connectivity index (χ1) is 19.1. The molecular formula is C28H29FN8O3. The van der Waals surface area contributed by atoms with Crippen LogP contribution in [-0.4, -0.2) is 59.8 Å². The van der Waals surface area contributed by atoms with Gasteiger partial charge in [-0.1, -0.05) is 12.1 Å². The van der Waals surface area contributed by atoms with Crippen LogP contribution in [0.4, 0.5) is 20.8 Å². The van der Waals surface area contributed by atoms with E-state index >= 15 is 0 Å². The zero-order chi connectivity index (χ0) is 28.2. The number of hydrogen-bond acceptors (Lipinski definition) is 8. The lowest BCUT2D eigenvalue weighted by Gasteiger charge is -2.34. The molecule has 0 spiro atoms. The Morgan fingerprint density at radius 3 is 2.52 bits per heavy atom. The van der Waals surface area contributed by atoms with Crippen LogP contribution in [-0.2, 0) is 4.74 Å². The number of ether oxygens (including phenoxy) is 1. The number of likely N-dealkylation sites (tertiary alicyclic amines) is 1. The van der Waals surface area contributed by atoms with Crippen molar-refractivity contribution in [3.8, 4) is 11.3 Å². The minimum Gasteiger partial charge on any atom is -0.444 e. The zero-order valence-corrected chi connectivity index (χ0v) is 22.3. The van der Waals surface area contributed by atoms with E-state index in [2.05, 4.69) is 20.3 Å². The minimum absolute atomic E-state index is 0.0745. The Morgan fingerprint density at radius 1 is 1.07 bits per heavy atom. The number of nitrogens with one attached hydrogen (secondary N) is 1. The van der Waals surface area contributed by atoms with Gasteiger partial charge in [0.25, 0.3) is 5.91 Å². The standard InChI is InChI=1S/C28H29FN8O3/c1-28(2,3)40-27(39)36-13-15-10-19(36)20(11-15)37-25-22(24(30)32-14-33-25)23(35-37)16-4-6-17(7-5-16)26(38)34-21-12-18(29)8-9-31-21/h4-9,12,14-15,19-20H,10-11,13H2,1-3H3,(H2,30,32,33)(H,31,34,38). The van der Waals surface area contributed by atoms with Crippen LogP contribution in [0, 0.1) is 11.7 Å². The van der Waals surface area contributed by atoms with Crippen molar-refractivity contribution in [1.82, 2.24) is 29.6 Å². The molecule has 1 aromatic carbocycles. The van der Waals surface area contributed by atoms with Crippen LogP contribution in [0.15, 0.2) is 48.9 Å². The summed E-state index contributed by atoms with van der Waals surface area (Å²) in [6, 6.07) is 9.01. The molecule has 3 aromatic heterocycles.